The van der Waals surface area contributed by atoms with Crippen LogP contribution in [0.4, 0.5) is 13.2 Å². The Hall–Kier alpha value is -0.760. The molecule has 1 aromatic heterocycles. The Labute approximate surface area is 87.6 Å². The normalized spacial score (nSPS) is 23.0. The molecule has 1 aliphatic heterocycles. The summed E-state index contributed by atoms with van der Waals surface area (Å²) in [6.45, 7) is 0.735. The van der Waals surface area contributed by atoms with Crippen LogP contribution in [0.25, 0.3) is 0 Å². The van der Waals surface area contributed by atoms with Gasteiger partial charge in [-0.25, -0.2) is 0 Å². The molecule has 1 N–H and O–H groups in total. The summed E-state index contributed by atoms with van der Waals surface area (Å²) in [6.07, 6.45) is -4.54. The maximum Gasteiger partial charge on any atom is 0.455 e. The van der Waals surface area contributed by atoms with Crippen LogP contribution in [-0.2, 0) is 6.18 Å². The second-order valence-corrected chi connectivity index (χ2v) is 4.19. The standard InChI is InChI=1S/C7H8F3N3OS/c8-7(9,10)6-12-5(14-13-6)4-3-15-2-1-11-4/h4,11H,1-3H2. The smallest absolute Gasteiger partial charge is 0.337 e. The minimum atomic E-state index is -4.54. The number of rotatable bonds is 1. The summed E-state index contributed by atoms with van der Waals surface area (Å²) in [5, 5.41) is 5.92. The van der Waals surface area contributed by atoms with Gasteiger partial charge in [0.1, 0.15) is 0 Å². The Balaban J connectivity index is 2.12. The van der Waals surface area contributed by atoms with Crippen LogP contribution in [0.2, 0.25) is 0 Å². The van der Waals surface area contributed by atoms with E-state index in [1.807, 2.05) is 0 Å². The molecule has 1 aliphatic rings. The molecule has 1 atom stereocenters. The van der Waals surface area contributed by atoms with Crippen molar-refractivity contribution >= 4 is 11.8 Å². The van der Waals surface area contributed by atoms with Crippen molar-refractivity contribution in [3.63, 3.8) is 0 Å². The van der Waals surface area contributed by atoms with Crippen molar-refractivity contribution in [1.29, 1.82) is 0 Å². The second-order valence-electron chi connectivity index (χ2n) is 3.04. The lowest BCUT2D eigenvalue weighted by molar-refractivity contribution is -0.146. The monoisotopic (exact) mass is 239 g/mol. The molecule has 8 heteroatoms. The van der Waals surface area contributed by atoms with Crippen LogP contribution >= 0.6 is 11.8 Å². The van der Waals surface area contributed by atoms with E-state index >= 15 is 0 Å². The largest absolute Gasteiger partial charge is 0.455 e. The molecule has 1 aromatic rings. The van der Waals surface area contributed by atoms with E-state index < -0.39 is 12.0 Å². The fraction of sp³-hybridized carbons (Fsp3) is 0.714. The number of aromatic nitrogens is 2. The van der Waals surface area contributed by atoms with E-state index in [4.69, 9.17) is 0 Å². The average molecular weight is 239 g/mol. The van der Waals surface area contributed by atoms with Gasteiger partial charge in [0.15, 0.2) is 0 Å². The van der Waals surface area contributed by atoms with Crippen molar-refractivity contribution in [3.8, 4) is 0 Å². The number of thioether (sulfide) groups is 1. The molecule has 2 rings (SSSR count). The Kier molecular flexibility index (Phi) is 2.87. The van der Waals surface area contributed by atoms with Gasteiger partial charge in [-0.3, -0.25) is 0 Å². The summed E-state index contributed by atoms with van der Waals surface area (Å²) in [4.78, 5) is 3.33. The molecule has 0 aromatic carbocycles. The Morgan fingerprint density at radius 3 is 2.80 bits per heavy atom. The van der Waals surface area contributed by atoms with Crippen LogP contribution in [0.15, 0.2) is 4.52 Å². The van der Waals surface area contributed by atoms with Crippen LogP contribution in [0.1, 0.15) is 17.8 Å². The first-order valence-electron chi connectivity index (χ1n) is 4.29. The highest BCUT2D eigenvalue weighted by molar-refractivity contribution is 7.99. The van der Waals surface area contributed by atoms with Gasteiger partial charge in [-0.2, -0.15) is 29.9 Å². The van der Waals surface area contributed by atoms with E-state index in [0.717, 1.165) is 12.3 Å². The predicted octanol–water partition coefficient (Wildman–Crippen LogP) is 1.47. The van der Waals surface area contributed by atoms with Gasteiger partial charge in [0.05, 0.1) is 6.04 Å². The number of alkyl halides is 3. The zero-order valence-electron chi connectivity index (χ0n) is 7.54. The molecule has 0 radical (unpaired) electrons. The zero-order chi connectivity index (χ0) is 10.9. The highest BCUT2D eigenvalue weighted by Gasteiger charge is 2.38. The van der Waals surface area contributed by atoms with Gasteiger partial charge in [0.25, 0.3) is 5.82 Å². The molecule has 0 amide bonds. The molecule has 4 nitrogen and oxygen atoms in total. The van der Waals surface area contributed by atoms with Crippen molar-refractivity contribution in [2.75, 3.05) is 18.1 Å². The highest BCUT2D eigenvalue weighted by atomic mass is 32.2. The molecule has 0 saturated carbocycles. The summed E-state index contributed by atoms with van der Waals surface area (Å²) in [5.41, 5.74) is 0. The number of nitrogens with zero attached hydrogens (tertiary/aromatic N) is 2. The van der Waals surface area contributed by atoms with Crippen molar-refractivity contribution in [2.24, 2.45) is 0 Å². The van der Waals surface area contributed by atoms with Crippen LogP contribution < -0.4 is 5.32 Å². The fourth-order valence-corrected chi connectivity index (χ4v) is 2.14. The lowest BCUT2D eigenvalue weighted by Crippen LogP contribution is -2.30. The molecule has 15 heavy (non-hydrogen) atoms. The third-order valence-electron chi connectivity index (χ3n) is 1.92. The quantitative estimate of drug-likeness (QED) is 0.804. The van der Waals surface area contributed by atoms with Gasteiger partial charge < -0.3 is 9.84 Å². The topological polar surface area (TPSA) is 51.0 Å². The Morgan fingerprint density at radius 2 is 2.27 bits per heavy atom. The molecule has 1 saturated heterocycles. The SMILES string of the molecule is FC(F)(F)c1noc(C2CSCCN2)n1. The summed E-state index contributed by atoms with van der Waals surface area (Å²) >= 11 is 1.64. The molecule has 1 unspecified atom stereocenters. The molecule has 2 heterocycles. The fourth-order valence-electron chi connectivity index (χ4n) is 1.22. The minimum absolute atomic E-state index is 0.00882. The number of hydrogen-bond donors (Lipinski definition) is 1. The Morgan fingerprint density at radius 1 is 1.47 bits per heavy atom. The van der Waals surface area contributed by atoms with Crippen LogP contribution in [-0.4, -0.2) is 28.2 Å². The van der Waals surface area contributed by atoms with E-state index in [9.17, 15) is 13.2 Å². The van der Waals surface area contributed by atoms with Gasteiger partial charge in [-0.1, -0.05) is 5.16 Å². The van der Waals surface area contributed by atoms with Gasteiger partial charge in [-0.05, 0) is 0 Å². The molecule has 0 spiro atoms. The Bertz CT molecular complexity index is 334. The first kappa shape index (κ1) is 10.7. The summed E-state index contributed by atoms with van der Waals surface area (Å²) in [5.74, 6) is 0.389. The van der Waals surface area contributed by atoms with E-state index in [-0.39, 0.29) is 11.9 Å². The van der Waals surface area contributed by atoms with Crippen molar-refractivity contribution in [3.05, 3.63) is 11.7 Å². The van der Waals surface area contributed by atoms with Crippen LogP contribution in [0.3, 0.4) is 0 Å². The number of nitrogens with one attached hydrogen (secondary N) is 1. The first-order valence-corrected chi connectivity index (χ1v) is 5.45. The average Bonchev–Trinajstić information content (AvgIpc) is 2.67. The molecule has 0 aliphatic carbocycles. The van der Waals surface area contributed by atoms with Crippen molar-refractivity contribution in [1.82, 2.24) is 15.5 Å². The van der Waals surface area contributed by atoms with Crippen LogP contribution in [0.5, 0.6) is 0 Å². The molecule has 0 bridgehead atoms. The zero-order valence-corrected chi connectivity index (χ0v) is 8.36. The van der Waals surface area contributed by atoms with Gasteiger partial charge in [0, 0.05) is 18.1 Å². The minimum Gasteiger partial charge on any atom is -0.337 e. The van der Waals surface area contributed by atoms with Gasteiger partial charge >= 0.3 is 6.18 Å². The third kappa shape index (κ3) is 2.43. The number of halogens is 3. The van der Waals surface area contributed by atoms with Crippen molar-refractivity contribution < 1.29 is 17.7 Å². The molecular formula is C7H8F3N3OS. The van der Waals surface area contributed by atoms with E-state index in [2.05, 4.69) is 20.0 Å². The predicted molar refractivity (Wildman–Crippen MR) is 47.4 cm³/mol. The lowest BCUT2D eigenvalue weighted by atomic mass is 10.3. The third-order valence-corrected chi connectivity index (χ3v) is 2.98. The van der Waals surface area contributed by atoms with Crippen molar-refractivity contribution in [2.45, 2.75) is 12.2 Å². The highest BCUT2D eigenvalue weighted by Crippen LogP contribution is 2.28. The summed E-state index contributed by atoms with van der Waals surface area (Å²) in [7, 11) is 0. The maximum absolute atomic E-state index is 12.2. The van der Waals surface area contributed by atoms with E-state index in [1.54, 1.807) is 11.8 Å². The summed E-state index contributed by atoms with van der Waals surface area (Å²) in [6, 6.07) is -0.271. The number of hydrogen-bond acceptors (Lipinski definition) is 5. The van der Waals surface area contributed by atoms with E-state index in [1.165, 1.54) is 0 Å². The van der Waals surface area contributed by atoms with Gasteiger partial charge in [-0.15, -0.1) is 0 Å². The lowest BCUT2D eigenvalue weighted by Gasteiger charge is -2.19. The maximum atomic E-state index is 12.2. The second kappa shape index (κ2) is 4.01. The summed E-state index contributed by atoms with van der Waals surface area (Å²) < 4.78 is 41.0. The molecule has 1 fully saturated rings. The molecular weight excluding hydrogens is 231 g/mol. The molecule has 84 valence electrons. The first-order chi connectivity index (χ1) is 7.07. The van der Waals surface area contributed by atoms with Gasteiger partial charge in [0.2, 0.25) is 5.89 Å². The van der Waals surface area contributed by atoms with E-state index in [0.29, 0.717) is 5.75 Å². The van der Waals surface area contributed by atoms with Crippen LogP contribution in [0, 0.1) is 0 Å².